The third kappa shape index (κ3) is 4.03. The van der Waals surface area contributed by atoms with Gasteiger partial charge in [0, 0.05) is 0 Å². The summed E-state index contributed by atoms with van der Waals surface area (Å²) in [6.45, 7) is 3.37. The van der Waals surface area contributed by atoms with Crippen molar-refractivity contribution < 1.29 is 4.79 Å². The molecule has 0 aliphatic heterocycles. The summed E-state index contributed by atoms with van der Waals surface area (Å²) in [5, 5.41) is 5.73. The lowest BCUT2D eigenvalue weighted by Crippen LogP contribution is -2.07. The molecule has 15 heavy (non-hydrogen) atoms. The summed E-state index contributed by atoms with van der Waals surface area (Å²) >= 11 is 1.68. The molecule has 0 saturated carbocycles. The normalized spacial score (nSPS) is 9.40. The Hall–Kier alpha value is -1.49. The smallest absolute Gasteiger partial charge is 0.247 e. The number of hydrogen-bond donors (Lipinski definition) is 2. The van der Waals surface area contributed by atoms with Crippen LogP contribution in [0, 0.1) is 0 Å². The fourth-order valence-corrected chi connectivity index (χ4v) is 1.20. The van der Waals surface area contributed by atoms with Crippen LogP contribution in [0.4, 0.5) is 11.5 Å². The quantitative estimate of drug-likeness (QED) is 0.591. The molecule has 4 nitrogen and oxygen atoms in total. The molecule has 0 atom stereocenters. The number of amides is 1. The Morgan fingerprint density at radius 1 is 1.67 bits per heavy atom. The molecule has 2 N–H and O–H groups in total. The van der Waals surface area contributed by atoms with Gasteiger partial charge in [-0.2, -0.15) is 0 Å². The van der Waals surface area contributed by atoms with Crippen LogP contribution in [0.3, 0.4) is 0 Å². The third-order valence-corrected chi connectivity index (χ3v) is 2.05. The average Bonchev–Trinajstić information content (AvgIpc) is 2.28. The molecule has 0 aliphatic rings. The standard InChI is InChI=1S/C10H13N3OS/c1-3-10(14)13-8-4-5-9(11-6-8)12-7-15-2/h3-6H,1,7H2,2H3,(H,11,12)(H,13,14). The SMILES string of the molecule is C=CC(=O)Nc1ccc(NCSC)nc1. The van der Waals surface area contributed by atoms with E-state index in [1.807, 2.05) is 12.3 Å². The van der Waals surface area contributed by atoms with Crippen molar-refractivity contribution in [3.8, 4) is 0 Å². The lowest BCUT2D eigenvalue weighted by Gasteiger charge is -2.05. The van der Waals surface area contributed by atoms with E-state index in [4.69, 9.17) is 0 Å². The number of pyridine rings is 1. The van der Waals surface area contributed by atoms with Gasteiger partial charge < -0.3 is 10.6 Å². The Balaban J connectivity index is 2.55. The molecule has 0 unspecified atom stereocenters. The van der Waals surface area contributed by atoms with E-state index < -0.39 is 0 Å². The molecule has 0 saturated heterocycles. The molecule has 0 spiro atoms. The third-order valence-electron chi connectivity index (χ3n) is 1.61. The lowest BCUT2D eigenvalue weighted by atomic mass is 10.4. The van der Waals surface area contributed by atoms with E-state index in [2.05, 4.69) is 22.2 Å². The van der Waals surface area contributed by atoms with E-state index in [1.165, 1.54) is 6.08 Å². The second-order valence-corrected chi connectivity index (χ2v) is 3.60. The minimum Gasteiger partial charge on any atom is -0.361 e. The summed E-state index contributed by atoms with van der Waals surface area (Å²) in [7, 11) is 0. The Morgan fingerprint density at radius 2 is 2.47 bits per heavy atom. The maximum atomic E-state index is 11.0. The summed E-state index contributed by atoms with van der Waals surface area (Å²) in [5.74, 6) is 1.37. The van der Waals surface area contributed by atoms with E-state index in [0.29, 0.717) is 5.69 Å². The maximum absolute atomic E-state index is 11.0. The minimum absolute atomic E-state index is 0.235. The molecule has 0 aromatic carbocycles. The number of rotatable bonds is 5. The summed E-state index contributed by atoms with van der Waals surface area (Å²) in [5.41, 5.74) is 0.662. The van der Waals surface area contributed by atoms with E-state index >= 15 is 0 Å². The van der Waals surface area contributed by atoms with Crippen LogP contribution < -0.4 is 10.6 Å². The van der Waals surface area contributed by atoms with Crippen LogP contribution in [0.2, 0.25) is 0 Å². The molecule has 1 aromatic heterocycles. The van der Waals surface area contributed by atoms with Crippen molar-refractivity contribution in [3.63, 3.8) is 0 Å². The predicted octanol–water partition coefficient (Wildman–Crippen LogP) is 1.94. The molecule has 1 rings (SSSR count). The van der Waals surface area contributed by atoms with Crippen molar-refractivity contribution in [2.75, 3.05) is 22.8 Å². The van der Waals surface area contributed by atoms with Crippen molar-refractivity contribution in [2.24, 2.45) is 0 Å². The van der Waals surface area contributed by atoms with Crippen molar-refractivity contribution in [1.82, 2.24) is 4.98 Å². The first-order valence-electron chi connectivity index (χ1n) is 4.38. The van der Waals surface area contributed by atoms with E-state index in [9.17, 15) is 4.79 Å². The highest BCUT2D eigenvalue weighted by atomic mass is 32.2. The molecule has 0 radical (unpaired) electrons. The van der Waals surface area contributed by atoms with Gasteiger partial charge >= 0.3 is 0 Å². The largest absolute Gasteiger partial charge is 0.361 e. The van der Waals surface area contributed by atoms with Crippen LogP contribution in [0.15, 0.2) is 31.0 Å². The second-order valence-electron chi connectivity index (χ2n) is 2.74. The number of carbonyl (C=O) groups is 1. The zero-order valence-electron chi connectivity index (χ0n) is 8.49. The van der Waals surface area contributed by atoms with Gasteiger partial charge in [-0.3, -0.25) is 4.79 Å². The van der Waals surface area contributed by atoms with E-state index in [-0.39, 0.29) is 5.91 Å². The van der Waals surface area contributed by atoms with Crippen molar-refractivity contribution in [2.45, 2.75) is 0 Å². The van der Waals surface area contributed by atoms with E-state index in [1.54, 1.807) is 24.0 Å². The monoisotopic (exact) mass is 223 g/mol. The first kappa shape index (κ1) is 11.6. The highest BCUT2D eigenvalue weighted by molar-refractivity contribution is 7.98. The summed E-state index contributed by atoms with van der Waals surface area (Å²) < 4.78 is 0. The fourth-order valence-electron chi connectivity index (χ4n) is 0.912. The van der Waals surface area contributed by atoms with Gasteiger partial charge in [0.2, 0.25) is 5.91 Å². The number of aromatic nitrogens is 1. The highest BCUT2D eigenvalue weighted by Gasteiger charge is 1.97. The number of carbonyl (C=O) groups excluding carboxylic acids is 1. The molecule has 0 bridgehead atoms. The first-order valence-corrected chi connectivity index (χ1v) is 5.78. The van der Waals surface area contributed by atoms with Gasteiger partial charge in [-0.25, -0.2) is 4.98 Å². The molecule has 0 aliphatic carbocycles. The van der Waals surface area contributed by atoms with Crippen LogP contribution in [-0.2, 0) is 4.79 Å². The summed E-state index contributed by atoms with van der Waals surface area (Å²) in [6.07, 6.45) is 4.83. The van der Waals surface area contributed by atoms with Crippen LogP contribution in [-0.4, -0.2) is 23.0 Å². The van der Waals surface area contributed by atoms with Gasteiger partial charge in [0.15, 0.2) is 0 Å². The van der Waals surface area contributed by atoms with Gasteiger partial charge in [0.1, 0.15) is 5.82 Å². The van der Waals surface area contributed by atoms with Gasteiger partial charge in [0.25, 0.3) is 0 Å². The maximum Gasteiger partial charge on any atom is 0.247 e. The van der Waals surface area contributed by atoms with Crippen LogP contribution in [0.5, 0.6) is 0 Å². The van der Waals surface area contributed by atoms with Crippen LogP contribution >= 0.6 is 11.8 Å². The van der Waals surface area contributed by atoms with Crippen LogP contribution in [0.25, 0.3) is 0 Å². The molecular formula is C10H13N3OS. The number of anilines is 2. The molecule has 80 valence electrons. The number of thioether (sulfide) groups is 1. The zero-order valence-corrected chi connectivity index (χ0v) is 9.30. The zero-order chi connectivity index (χ0) is 11.1. The molecule has 0 fully saturated rings. The Kier molecular flexibility index (Phi) is 4.70. The highest BCUT2D eigenvalue weighted by Crippen LogP contribution is 2.10. The van der Waals surface area contributed by atoms with Crippen molar-refractivity contribution >= 4 is 29.2 Å². The van der Waals surface area contributed by atoms with Crippen molar-refractivity contribution in [1.29, 1.82) is 0 Å². The number of nitrogens with one attached hydrogen (secondary N) is 2. The Morgan fingerprint density at radius 3 is 3.00 bits per heavy atom. The summed E-state index contributed by atoms with van der Waals surface area (Å²) in [4.78, 5) is 15.1. The lowest BCUT2D eigenvalue weighted by molar-refractivity contribution is -0.111. The number of nitrogens with zero attached hydrogens (tertiary/aromatic N) is 1. The predicted molar refractivity (Wildman–Crippen MR) is 65.1 cm³/mol. The molecule has 1 amide bonds. The Labute approximate surface area is 93.2 Å². The molecule has 5 heteroatoms. The first-order chi connectivity index (χ1) is 7.26. The van der Waals surface area contributed by atoms with E-state index in [0.717, 1.165) is 11.7 Å². The topological polar surface area (TPSA) is 54.0 Å². The average molecular weight is 223 g/mol. The van der Waals surface area contributed by atoms with Gasteiger partial charge in [0.05, 0.1) is 17.8 Å². The van der Waals surface area contributed by atoms with Crippen LogP contribution in [0.1, 0.15) is 0 Å². The fraction of sp³-hybridized carbons (Fsp3) is 0.200. The molecule has 1 aromatic rings. The molecular weight excluding hydrogens is 210 g/mol. The van der Waals surface area contributed by atoms with Gasteiger partial charge in [-0.05, 0) is 24.5 Å². The molecule has 1 heterocycles. The second kappa shape index (κ2) is 6.08. The van der Waals surface area contributed by atoms with Gasteiger partial charge in [-0.1, -0.05) is 6.58 Å². The summed E-state index contributed by atoms with van der Waals surface area (Å²) in [6, 6.07) is 3.60. The Bertz CT molecular complexity index is 337. The van der Waals surface area contributed by atoms with Gasteiger partial charge in [-0.15, -0.1) is 11.8 Å². The number of hydrogen-bond acceptors (Lipinski definition) is 4. The minimum atomic E-state index is -0.235. The van der Waals surface area contributed by atoms with Crippen molar-refractivity contribution in [3.05, 3.63) is 31.0 Å².